The number of nitrogens with zero attached hydrogens (tertiary/aromatic N) is 1. The van der Waals surface area contributed by atoms with Gasteiger partial charge in [-0.1, -0.05) is 11.6 Å². The topological polar surface area (TPSA) is 42.2 Å². The van der Waals surface area contributed by atoms with Crippen molar-refractivity contribution in [2.45, 2.75) is 6.61 Å². The van der Waals surface area contributed by atoms with Crippen LogP contribution in [-0.2, 0) is 6.61 Å². The first kappa shape index (κ1) is 14.2. The normalized spacial score (nSPS) is 9.90. The Balaban J connectivity index is 2.17. The average Bonchev–Trinajstić information content (AvgIpc) is 2.48. The Kier molecular flexibility index (Phi) is 4.44. The lowest BCUT2D eigenvalue weighted by Crippen LogP contribution is -1.99. The van der Waals surface area contributed by atoms with Gasteiger partial charge >= 0.3 is 0 Å². The largest absolute Gasteiger partial charge is 0.496 e. The van der Waals surface area contributed by atoms with E-state index in [1.165, 1.54) is 19.2 Å². The average molecular weight is 292 g/mol. The highest BCUT2D eigenvalue weighted by atomic mass is 35.5. The predicted molar refractivity (Wildman–Crippen MR) is 73.5 cm³/mol. The van der Waals surface area contributed by atoms with Crippen molar-refractivity contribution in [2.24, 2.45) is 0 Å². The minimum Gasteiger partial charge on any atom is -0.496 e. The van der Waals surface area contributed by atoms with Crippen LogP contribution in [0.1, 0.15) is 11.1 Å². The van der Waals surface area contributed by atoms with Crippen molar-refractivity contribution < 1.29 is 13.9 Å². The van der Waals surface area contributed by atoms with E-state index in [1.54, 1.807) is 24.3 Å². The minimum atomic E-state index is -0.540. The Morgan fingerprint density at radius 1 is 1.25 bits per heavy atom. The fourth-order valence-corrected chi connectivity index (χ4v) is 1.81. The summed E-state index contributed by atoms with van der Waals surface area (Å²) in [6.45, 7) is 0.166. The molecule has 0 aliphatic rings. The van der Waals surface area contributed by atoms with Gasteiger partial charge in [-0.3, -0.25) is 0 Å². The standard InChI is InChI=1S/C15H11ClFNO2/c1-19-15-5-2-10(8-18)6-11(15)9-20-12-3-4-13(16)14(17)7-12/h2-7H,9H2,1H3. The SMILES string of the molecule is COc1ccc(C#N)cc1COc1ccc(Cl)c(F)c1. The Hall–Kier alpha value is -2.25. The summed E-state index contributed by atoms with van der Waals surface area (Å²) in [4.78, 5) is 0. The molecule has 0 saturated carbocycles. The summed E-state index contributed by atoms with van der Waals surface area (Å²) in [7, 11) is 1.53. The van der Waals surface area contributed by atoms with Gasteiger partial charge in [-0.05, 0) is 30.3 Å². The first-order valence-electron chi connectivity index (χ1n) is 5.79. The molecule has 0 atom stereocenters. The van der Waals surface area contributed by atoms with E-state index in [2.05, 4.69) is 0 Å². The van der Waals surface area contributed by atoms with Crippen LogP contribution < -0.4 is 9.47 Å². The zero-order chi connectivity index (χ0) is 14.5. The van der Waals surface area contributed by atoms with Crippen LogP contribution in [0.25, 0.3) is 0 Å². The van der Waals surface area contributed by atoms with Crippen molar-refractivity contribution in [1.82, 2.24) is 0 Å². The molecule has 0 saturated heterocycles. The molecule has 0 bridgehead atoms. The first-order valence-corrected chi connectivity index (χ1v) is 6.16. The second kappa shape index (κ2) is 6.27. The zero-order valence-electron chi connectivity index (χ0n) is 10.7. The summed E-state index contributed by atoms with van der Waals surface area (Å²) in [5, 5.41) is 8.92. The Morgan fingerprint density at radius 2 is 2.05 bits per heavy atom. The molecule has 0 spiro atoms. The number of halogens is 2. The molecule has 0 radical (unpaired) electrons. The highest BCUT2D eigenvalue weighted by molar-refractivity contribution is 6.30. The maximum Gasteiger partial charge on any atom is 0.145 e. The molecule has 0 aliphatic carbocycles. The number of hydrogen-bond donors (Lipinski definition) is 0. The maximum absolute atomic E-state index is 13.3. The lowest BCUT2D eigenvalue weighted by atomic mass is 10.1. The fourth-order valence-electron chi connectivity index (χ4n) is 1.69. The molecular weight excluding hydrogens is 281 g/mol. The van der Waals surface area contributed by atoms with Gasteiger partial charge in [0.25, 0.3) is 0 Å². The van der Waals surface area contributed by atoms with Crippen LogP contribution in [0, 0.1) is 17.1 Å². The third-order valence-electron chi connectivity index (χ3n) is 2.69. The van der Waals surface area contributed by atoms with Crippen molar-refractivity contribution >= 4 is 11.6 Å². The van der Waals surface area contributed by atoms with Crippen LogP contribution in [0.5, 0.6) is 11.5 Å². The Bertz CT molecular complexity index is 667. The van der Waals surface area contributed by atoms with Gasteiger partial charge in [-0.25, -0.2) is 4.39 Å². The monoisotopic (exact) mass is 291 g/mol. The second-order valence-electron chi connectivity index (χ2n) is 4.00. The molecule has 0 aromatic heterocycles. The van der Waals surface area contributed by atoms with E-state index in [9.17, 15) is 4.39 Å². The molecule has 2 aromatic rings. The van der Waals surface area contributed by atoms with E-state index < -0.39 is 5.82 Å². The van der Waals surface area contributed by atoms with E-state index >= 15 is 0 Å². The van der Waals surface area contributed by atoms with Crippen LogP contribution in [0.15, 0.2) is 36.4 Å². The fraction of sp³-hybridized carbons (Fsp3) is 0.133. The Labute approximate surface area is 121 Å². The van der Waals surface area contributed by atoms with Crippen molar-refractivity contribution in [3.05, 3.63) is 58.4 Å². The van der Waals surface area contributed by atoms with Crippen molar-refractivity contribution in [3.8, 4) is 17.6 Å². The van der Waals surface area contributed by atoms with Crippen LogP contribution in [0.3, 0.4) is 0 Å². The summed E-state index contributed by atoms with van der Waals surface area (Å²) in [6, 6.07) is 11.3. The van der Waals surface area contributed by atoms with Crippen LogP contribution in [-0.4, -0.2) is 7.11 Å². The van der Waals surface area contributed by atoms with Gasteiger partial charge in [0.05, 0.1) is 23.8 Å². The molecule has 0 unspecified atom stereocenters. The Morgan fingerprint density at radius 3 is 2.70 bits per heavy atom. The number of ether oxygens (including phenoxy) is 2. The van der Waals surface area contributed by atoms with Gasteiger partial charge in [0, 0.05) is 11.6 Å². The summed E-state index contributed by atoms with van der Waals surface area (Å²) in [5.41, 5.74) is 1.22. The summed E-state index contributed by atoms with van der Waals surface area (Å²) < 4.78 is 24.0. The molecule has 0 N–H and O–H groups in total. The summed E-state index contributed by atoms with van der Waals surface area (Å²) >= 11 is 5.60. The van der Waals surface area contributed by atoms with Crippen LogP contribution in [0.4, 0.5) is 4.39 Å². The number of nitriles is 1. The minimum absolute atomic E-state index is 0.0430. The lowest BCUT2D eigenvalue weighted by molar-refractivity contribution is 0.295. The zero-order valence-corrected chi connectivity index (χ0v) is 11.4. The third kappa shape index (κ3) is 3.19. The lowest BCUT2D eigenvalue weighted by Gasteiger charge is -2.11. The smallest absolute Gasteiger partial charge is 0.145 e. The molecule has 0 fully saturated rings. The quantitative estimate of drug-likeness (QED) is 0.857. The molecule has 20 heavy (non-hydrogen) atoms. The molecule has 2 aromatic carbocycles. The van der Waals surface area contributed by atoms with E-state index in [-0.39, 0.29) is 11.6 Å². The summed E-state index contributed by atoms with van der Waals surface area (Å²) in [6.07, 6.45) is 0. The molecule has 0 amide bonds. The molecule has 0 aliphatic heterocycles. The van der Waals surface area contributed by atoms with Gasteiger partial charge < -0.3 is 9.47 Å². The highest BCUT2D eigenvalue weighted by Crippen LogP contribution is 2.24. The van der Waals surface area contributed by atoms with E-state index in [4.69, 9.17) is 26.3 Å². The molecular formula is C15H11ClFNO2. The predicted octanol–water partition coefficient (Wildman–Crippen LogP) is 3.94. The molecule has 2 rings (SSSR count). The molecule has 3 nitrogen and oxygen atoms in total. The van der Waals surface area contributed by atoms with Crippen molar-refractivity contribution in [2.75, 3.05) is 7.11 Å². The van der Waals surface area contributed by atoms with Gasteiger partial charge in [0.15, 0.2) is 0 Å². The van der Waals surface area contributed by atoms with Gasteiger partial charge in [0.2, 0.25) is 0 Å². The van der Waals surface area contributed by atoms with E-state index in [0.717, 1.165) is 0 Å². The first-order chi connectivity index (χ1) is 9.63. The molecule has 5 heteroatoms. The number of benzene rings is 2. The van der Waals surface area contributed by atoms with Crippen LogP contribution in [0.2, 0.25) is 5.02 Å². The van der Waals surface area contributed by atoms with E-state index in [0.29, 0.717) is 22.6 Å². The number of hydrogen-bond acceptors (Lipinski definition) is 3. The van der Waals surface area contributed by atoms with Gasteiger partial charge in [-0.2, -0.15) is 5.26 Å². The van der Waals surface area contributed by atoms with Crippen molar-refractivity contribution in [1.29, 1.82) is 5.26 Å². The van der Waals surface area contributed by atoms with Crippen LogP contribution >= 0.6 is 11.6 Å². The van der Waals surface area contributed by atoms with Gasteiger partial charge in [0.1, 0.15) is 23.9 Å². The molecule has 102 valence electrons. The number of rotatable bonds is 4. The summed E-state index contributed by atoms with van der Waals surface area (Å²) in [5.74, 6) is 0.427. The van der Waals surface area contributed by atoms with Crippen molar-refractivity contribution in [3.63, 3.8) is 0 Å². The highest BCUT2D eigenvalue weighted by Gasteiger charge is 2.07. The van der Waals surface area contributed by atoms with E-state index in [1.807, 2.05) is 6.07 Å². The third-order valence-corrected chi connectivity index (χ3v) is 3.00. The second-order valence-corrected chi connectivity index (χ2v) is 4.41. The van der Waals surface area contributed by atoms with Gasteiger partial charge in [-0.15, -0.1) is 0 Å². The maximum atomic E-state index is 13.3. The number of methoxy groups -OCH3 is 1. The molecule has 0 heterocycles.